The van der Waals surface area contributed by atoms with Gasteiger partial charge in [0.05, 0.1) is 22.1 Å². The van der Waals surface area contributed by atoms with Crippen LogP contribution in [0.1, 0.15) is 17.2 Å². The number of aliphatic hydroxyl groups is 1. The topological polar surface area (TPSA) is 85.2 Å². The standard InChI is InChI=1S/C20H17Cl2N3O3S/c21-16-5-4-13(9-17(16)22)11-28-19(27)15(12-29-20-24-7-2-8-25-20)18(26)14-3-1-6-23-10-14/h1-10,15,18,26H,11-12H2. The molecule has 1 N–H and O–H groups in total. The van der Waals surface area contributed by atoms with Crippen molar-refractivity contribution < 1.29 is 14.6 Å². The van der Waals surface area contributed by atoms with E-state index in [0.717, 1.165) is 0 Å². The summed E-state index contributed by atoms with van der Waals surface area (Å²) in [7, 11) is 0. The number of benzene rings is 1. The Morgan fingerprint density at radius 3 is 2.59 bits per heavy atom. The SMILES string of the molecule is O=C(OCc1ccc(Cl)c(Cl)c1)C(CSc1ncccn1)C(O)c1cccnc1. The van der Waals surface area contributed by atoms with Crippen LogP contribution in [-0.4, -0.2) is 31.8 Å². The van der Waals surface area contributed by atoms with Crippen LogP contribution in [0.4, 0.5) is 0 Å². The minimum absolute atomic E-state index is 0.0124. The fourth-order valence-corrected chi connectivity index (χ4v) is 3.72. The van der Waals surface area contributed by atoms with Crippen LogP contribution in [0.25, 0.3) is 0 Å². The molecule has 0 amide bonds. The minimum atomic E-state index is -1.08. The van der Waals surface area contributed by atoms with Gasteiger partial charge in [0.2, 0.25) is 0 Å². The molecule has 0 saturated carbocycles. The Balaban J connectivity index is 1.71. The van der Waals surface area contributed by atoms with Gasteiger partial charge < -0.3 is 9.84 Å². The highest BCUT2D eigenvalue weighted by molar-refractivity contribution is 7.99. The summed E-state index contributed by atoms with van der Waals surface area (Å²) in [4.78, 5) is 25.1. The largest absolute Gasteiger partial charge is 0.460 e. The van der Waals surface area contributed by atoms with E-state index in [1.807, 2.05) is 0 Å². The maximum atomic E-state index is 12.8. The number of hydrogen-bond acceptors (Lipinski definition) is 7. The highest BCUT2D eigenvalue weighted by Gasteiger charge is 2.30. The number of aromatic nitrogens is 3. The van der Waals surface area contributed by atoms with Gasteiger partial charge in [-0.2, -0.15) is 0 Å². The molecule has 3 aromatic rings. The molecule has 0 bridgehead atoms. The zero-order valence-electron chi connectivity index (χ0n) is 15.1. The molecule has 2 atom stereocenters. The number of thioether (sulfide) groups is 1. The number of carbonyl (C=O) groups is 1. The van der Waals surface area contributed by atoms with Crippen molar-refractivity contribution in [1.29, 1.82) is 0 Å². The molecule has 3 rings (SSSR count). The number of esters is 1. The minimum Gasteiger partial charge on any atom is -0.460 e. The van der Waals surface area contributed by atoms with Crippen LogP contribution in [0.5, 0.6) is 0 Å². The van der Waals surface area contributed by atoms with E-state index in [0.29, 0.717) is 26.3 Å². The number of halogens is 2. The lowest BCUT2D eigenvalue weighted by molar-refractivity contribution is -0.153. The van der Waals surface area contributed by atoms with Gasteiger partial charge in [0.15, 0.2) is 5.16 Å². The van der Waals surface area contributed by atoms with Crippen molar-refractivity contribution in [2.75, 3.05) is 5.75 Å². The Morgan fingerprint density at radius 1 is 1.10 bits per heavy atom. The zero-order valence-corrected chi connectivity index (χ0v) is 17.4. The molecule has 1 aromatic carbocycles. The average Bonchev–Trinajstić information content (AvgIpc) is 2.76. The number of aliphatic hydroxyl groups excluding tert-OH is 1. The summed E-state index contributed by atoms with van der Waals surface area (Å²) in [6.07, 6.45) is 5.27. The number of pyridine rings is 1. The smallest absolute Gasteiger partial charge is 0.313 e. The molecule has 0 aliphatic rings. The van der Waals surface area contributed by atoms with Crippen molar-refractivity contribution in [3.8, 4) is 0 Å². The number of hydrogen-bond donors (Lipinski definition) is 1. The fourth-order valence-electron chi connectivity index (χ4n) is 2.49. The molecule has 0 aliphatic heterocycles. The van der Waals surface area contributed by atoms with Gasteiger partial charge in [-0.15, -0.1) is 0 Å². The maximum Gasteiger partial charge on any atom is 0.313 e. The first kappa shape index (κ1) is 21.5. The lowest BCUT2D eigenvalue weighted by atomic mass is 9.99. The molecule has 9 heteroatoms. The molecule has 0 fully saturated rings. The maximum absolute atomic E-state index is 12.8. The predicted octanol–water partition coefficient (Wildman–Crippen LogP) is 4.36. The predicted molar refractivity (Wildman–Crippen MR) is 112 cm³/mol. The van der Waals surface area contributed by atoms with E-state index in [-0.39, 0.29) is 12.4 Å². The van der Waals surface area contributed by atoms with Crippen LogP contribution in [0, 0.1) is 5.92 Å². The van der Waals surface area contributed by atoms with Crippen molar-refractivity contribution in [1.82, 2.24) is 15.0 Å². The molecule has 2 heterocycles. The second-order valence-electron chi connectivity index (χ2n) is 6.04. The summed E-state index contributed by atoms with van der Waals surface area (Å²) in [6.45, 7) is 0.0124. The molecule has 150 valence electrons. The lowest BCUT2D eigenvalue weighted by Gasteiger charge is -2.21. The first-order valence-corrected chi connectivity index (χ1v) is 10.4. The first-order valence-electron chi connectivity index (χ1n) is 8.63. The van der Waals surface area contributed by atoms with E-state index in [2.05, 4.69) is 15.0 Å². The molecular formula is C20H17Cl2N3O3S. The van der Waals surface area contributed by atoms with Crippen molar-refractivity contribution in [2.45, 2.75) is 17.9 Å². The second-order valence-corrected chi connectivity index (χ2v) is 7.84. The van der Waals surface area contributed by atoms with E-state index in [9.17, 15) is 9.90 Å². The average molecular weight is 450 g/mol. The van der Waals surface area contributed by atoms with Crippen LogP contribution >= 0.6 is 35.0 Å². The van der Waals surface area contributed by atoms with E-state index >= 15 is 0 Å². The normalized spacial score (nSPS) is 12.9. The molecule has 0 radical (unpaired) electrons. The van der Waals surface area contributed by atoms with E-state index < -0.39 is 18.0 Å². The molecule has 0 aliphatic carbocycles. The number of carbonyl (C=O) groups excluding carboxylic acids is 1. The van der Waals surface area contributed by atoms with Gasteiger partial charge in [-0.3, -0.25) is 9.78 Å². The Labute approximate surface area is 182 Å². The van der Waals surface area contributed by atoms with Crippen LogP contribution in [0.15, 0.2) is 66.3 Å². The first-order chi connectivity index (χ1) is 14.0. The highest BCUT2D eigenvalue weighted by atomic mass is 35.5. The summed E-state index contributed by atoms with van der Waals surface area (Å²) >= 11 is 13.2. The molecule has 29 heavy (non-hydrogen) atoms. The number of rotatable bonds is 8. The van der Waals surface area contributed by atoms with Crippen LogP contribution in [0.3, 0.4) is 0 Å². The van der Waals surface area contributed by atoms with Gasteiger partial charge in [-0.05, 0) is 35.4 Å². The summed E-state index contributed by atoms with van der Waals surface area (Å²) in [5.41, 5.74) is 1.22. The quantitative estimate of drug-likeness (QED) is 0.310. The summed E-state index contributed by atoms with van der Waals surface area (Å²) in [5, 5.41) is 12.1. The highest BCUT2D eigenvalue weighted by Crippen LogP contribution is 2.29. The van der Waals surface area contributed by atoms with E-state index in [1.54, 1.807) is 55.0 Å². The third kappa shape index (κ3) is 6.14. The van der Waals surface area contributed by atoms with Crippen LogP contribution in [0.2, 0.25) is 10.0 Å². The Kier molecular flexibility index (Phi) is 7.83. The van der Waals surface area contributed by atoms with Gasteiger partial charge in [0.25, 0.3) is 0 Å². The molecular weight excluding hydrogens is 433 g/mol. The fraction of sp³-hybridized carbons (Fsp3) is 0.200. The van der Waals surface area contributed by atoms with Gasteiger partial charge in [0.1, 0.15) is 6.61 Å². The van der Waals surface area contributed by atoms with Crippen molar-refractivity contribution in [2.24, 2.45) is 5.92 Å². The van der Waals surface area contributed by atoms with Crippen molar-refractivity contribution >= 4 is 40.9 Å². The monoisotopic (exact) mass is 449 g/mol. The second kappa shape index (κ2) is 10.5. The van der Waals surface area contributed by atoms with Crippen LogP contribution in [-0.2, 0) is 16.1 Å². The molecule has 2 aromatic heterocycles. The summed E-state index contributed by atoms with van der Waals surface area (Å²) < 4.78 is 5.44. The molecule has 0 spiro atoms. The van der Waals surface area contributed by atoms with Gasteiger partial charge in [-0.25, -0.2) is 9.97 Å². The van der Waals surface area contributed by atoms with Gasteiger partial charge in [0, 0.05) is 30.5 Å². The lowest BCUT2D eigenvalue weighted by Crippen LogP contribution is -2.27. The third-order valence-electron chi connectivity index (χ3n) is 4.01. The Bertz CT molecular complexity index is 948. The van der Waals surface area contributed by atoms with Crippen molar-refractivity contribution in [3.63, 3.8) is 0 Å². The molecule has 0 saturated heterocycles. The molecule has 6 nitrogen and oxygen atoms in total. The van der Waals surface area contributed by atoms with E-state index in [1.165, 1.54) is 18.0 Å². The third-order valence-corrected chi connectivity index (χ3v) is 5.74. The number of nitrogens with zero attached hydrogens (tertiary/aromatic N) is 3. The molecule has 2 unspecified atom stereocenters. The summed E-state index contributed by atoms with van der Waals surface area (Å²) in [5.74, 6) is -1.15. The number of ether oxygens (including phenoxy) is 1. The van der Waals surface area contributed by atoms with Gasteiger partial charge >= 0.3 is 5.97 Å². The Hall–Kier alpha value is -2.19. The zero-order chi connectivity index (χ0) is 20.6. The van der Waals surface area contributed by atoms with Gasteiger partial charge in [-0.1, -0.05) is 47.1 Å². The van der Waals surface area contributed by atoms with E-state index in [4.69, 9.17) is 27.9 Å². The van der Waals surface area contributed by atoms with Crippen LogP contribution < -0.4 is 0 Å². The summed E-state index contributed by atoms with van der Waals surface area (Å²) in [6, 6.07) is 10.1. The Morgan fingerprint density at radius 2 is 1.90 bits per heavy atom. The van der Waals surface area contributed by atoms with Crippen molar-refractivity contribution in [3.05, 3.63) is 82.4 Å².